The van der Waals surface area contributed by atoms with Crippen LogP contribution in [0.15, 0.2) is 76.6 Å². The van der Waals surface area contributed by atoms with Crippen LogP contribution in [0.2, 0.25) is 5.02 Å². The van der Waals surface area contributed by atoms with Gasteiger partial charge in [0.25, 0.3) is 0 Å². The van der Waals surface area contributed by atoms with Crippen molar-refractivity contribution in [3.8, 4) is 11.5 Å². The van der Waals surface area contributed by atoms with Crippen LogP contribution in [0.4, 0.5) is 11.4 Å². The lowest BCUT2D eigenvalue weighted by Gasteiger charge is -2.31. The van der Waals surface area contributed by atoms with Crippen LogP contribution in [0.3, 0.4) is 0 Å². The molecule has 1 N–H and O–H groups in total. The van der Waals surface area contributed by atoms with E-state index < -0.39 is 45.6 Å². The van der Waals surface area contributed by atoms with Gasteiger partial charge in [-0.15, -0.1) is 0 Å². The second kappa shape index (κ2) is 13.3. The minimum absolute atomic E-state index is 0.208. The van der Waals surface area contributed by atoms with Crippen molar-refractivity contribution >= 4 is 69.8 Å². The number of benzene rings is 3. The van der Waals surface area contributed by atoms with Crippen LogP contribution < -0.4 is 24.6 Å². The summed E-state index contributed by atoms with van der Waals surface area (Å²) >= 11 is 8.00. The maximum atomic E-state index is 14.2. The minimum atomic E-state index is -0.905. The maximum absolute atomic E-state index is 14.2. The number of thiazole rings is 1. The lowest BCUT2D eigenvalue weighted by molar-refractivity contribution is -0.122. The Labute approximate surface area is 282 Å². The zero-order valence-electron chi connectivity index (χ0n) is 25.4. The minimum Gasteiger partial charge on any atom is -0.493 e. The molecule has 2 aliphatic rings. The number of nitrogens with one attached hydrogen (secondary N) is 1. The third kappa shape index (κ3) is 6.01. The van der Waals surface area contributed by atoms with Gasteiger partial charge in [-0.1, -0.05) is 40.8 Å². The molecule has 0 radical (unpaired) electrons. The number of ether oxygens (including phenoxy) is 3. The fourth-order valence-electron chi connectivity index (χ4n) is 5.75. The molecule has 3 amide bonds. The number of aromatic nitrogens is 1. The van der Waals surface area contributed by atoms with E-state index in [0.717, 1.165) is 28.0 Å². The summed E-state index contributed by atoms with van der Waals surface area (Å²) in [4.78, 5) is 68.3. The summed E-state index contributed by atoms with van der Waals surface area (Å²) in [7, 11) is 3.00. The molecule has 2 aliphatic heterocycles. The number of fused-ring (bicyclic) bond motifs is 2. The Bertz CT molecular complexity index is 1940. The van der Waals surface area contributed by atoms with Crippen molar-refractivity contribution in [2.75, 3.05) is 31.0 Å². The van der Waals surface area contributed by atoms with E-state index >= 15 is 0 Å². The number of nitrogens with zero attached hydrogens (tertiary/aromatic N) is 2. The quantitative estimate of drug-likeness (QED) is 0.186. The molecular weight excluding hydrogens is 666 g/mol. The molecule has 6 rings (SSSR count). The molecule has 3 aromatic carbocycles. The average Bonchev–Trinajstić information content (AvgIpc) is 3.51. The van der Waals surface area contributed by atoms with Gasteiger partial charge in [0.2, 0.25) is 17.7 Å². The summed E-state index contributed by atoms with van der Waals surface area (Å²) in [5, 5.41) is 2.81. The second-order valence-electron chi connectivity index (χ2n) is 10.6. The zero-order chi connectivity index (χ0) is 33.4. The number of imide groups is 1. The van der Waals surface area contributed by atoms with Crippen LogP contribution in [0, 0.1) is 5.92 Å². The summed E-state index contributed by atoms with van der Waals surface area (Å²) in [6.45, 7) is 1.60. The van der Waals surface area contributed by atoms with Crippen LogP contribution >= 0.6 is 34.7 Å². The Kier molecular flexibility index (Phi) is 9.13. The van der Waals surface area contributed by atoms with Gasteiger partial charge in [0.05, 0.1) is 43.0 Å². The highest BCUT2D eigenvalue weighted by Gasteiger charge is 2.57. The summed E-state index contributed by atoms with van der Waals surface area (Å²) in [5.74, 6) is -2.59. The maximum Gasteiger partial charge on any atom is 0.338 e. The number of carbonyl (C=O) groups excluding carboxylic acids is 4. The van der Waals surface area contributed by atoms with E-state index in [2.05, 4.69) is 5.32 Å². The predicted molar refractivity (Wildman–Crippen MR) is 178 cm³/mol. The van der Waals surface area contributed by atoms with Gasteiger partial charge in [-0.05, 0) is 73.2 Å². The molecule has 3 atom stereocenters. The van der Waals surface area contributed by atoms with Crippen LogP contribution in [0.25, 0.3) is 0 Å². The number of anilines is 2. The highest BCUT2D eigenvalue weighted by Crippen LogP contribution is 2.54. The molecule has 242 valence electrons. The molecule has 4 aromatic rings. The monoisotopic (exact) mass is 693 g/mol. The number of esters is 1. The molecule has 0 bridgehead atoms. The number of hydrogen-bond acceptors (Lipinski definition) is 10. The van der Waals surface area contributed by atoms with Crippen molar-refractivity contribution in [1.29, 1.82) is 0 Å². The van der Waals surface area contributed by atoms with Crippen molar-refractivity contribution in [2.45, 2.75) is 29.7 Å². The largest absolute Gasteiger partial charge is 0.493 e. The average molecular weight is 694 g/mol. The van der Waals surface area contributed by atoms with E-state index in [1.165, 1.54) is 43.1 Å². The first-order valence-corrected chi connectivity index (χ1v) is 16.5. The molecule has 1 saturated heterocycles. The standard InChI is InChI=1S/C33H28ClN3O8S2/c1-4-45-32(41)17-5-12-21(13-6-17)37-29(39)26-25(18-7-14-22(43-2)23(15-18)44-3)28-31(46-27(26)30(37)40)36(33(42)47-28)16-24(38)35-20-10-8-19(34)9-11-20/h5-15,25-27H,4,16H2,1-3H3,(H,35,38)/t25-,26-,27+/m0/s1. The molecule has 47 heavy (non-hydrogen) atoms. The number of methoxy groups -OCH3 is 2. The van der Waals surface area contributed by atoms with Crippen LogP contribution in [-0.4, -0.2) is 54.3 Å². The lowest BCUT2D eigenvalue weighted by Crippen LogP contribution is -2.33. The van der Waals surface area contributed by atoms with Crippen molar-refractivity contribution < 1.29 is 33.4 Å². The summed E-state index contributed by atoms with van der Waals surface area (Å²) in [6.07, 6.45) is 0. The van der Waals surface area contributed by atoms with Crippen LogP contribution in [-0.2, 0) is 25.7 Å². The molecule has 11 nitrogen and oxygen atoms in total. The van der Waals surface area contributed by atoms with Gasteiger partial charge in [-0.2, -0.15) is 0 Å². The first-order chi connectivity index (χ1) is 22.6. The number of amides is 3. The van der Waals surface area contributed by atoms with Gasteiger partial charge in [0.1, 0.15) is 11.8 Å². The van der Waals surface area contributed by atoms with Gasteiger partial charge >= 0.3 is 10.8 Å². The zero-order valence-corrected chi connectivity index (χ0v) is 27.7. The molecule has 0 aliphatic carbocycles. The molecule has 14 heteroatoms. The molecule has 0 unspecified atom stereocenters. The third-order valence-electron chi connectivity index (χ3n) is 7.88. The van der Waals surface area contributed by atoms with Gasteiger partial charge in [0.15, 0.2) is 11.5 Å². The molecule has 1 fully saturated rings. The van der Waals surface area contributed by atoms with E-state index in [1.54, 1.807) is 49.4 Å². The summed E-state index contributed by atoms with van der Waals surface area (Å²) in [6, 6.07) is 17.9. The van der Waals surface area contributed by atoms with Crippen molar-refractivity contribution in [2.24, 2.45) is 5.92 Å². The fourth-order valence-corrected chi connectivity index (χ4v) is 8.65. The third-order valence-corrected chi connectivity index (χ3v) is 10.7. The van der Waals surface area contributed by atoms with Crippen molar-refractivity contribution in [1.82, 2.24) is 4.57 Å². The Morgan fingerprint density at radius 2 is 1.62 bits per heavy atom. The topological polar surface area (TPSA) is 133 Å². The summed E-state index contributed by atoms with van der Waals surface area (Å²) < 4.78 is 17.4. The first kappa shape index (κ1) is 32.4. The van der Waals surface area contributed by atoms with Crippen LogP contribution in [0.5, 0.6) is 11.5 Å². The number of carbonyl (C=O) groups is 4. The van der Waals surface area contributed by atoms with E-state index in [0.29, 0.717) is 43.4 Å². The fraction of sp³-hybridized carbons (Fsp3) is 0.242. The Hall–Kier alpha value is -4.59. The molecule has 0 saturated carbocycles. The van der Waals surface area contributed by atoms with Gasteiger partial charge in [0, 0.05) is 21.5 Å². The molecular formula is C33H28ClN3O8S2. The van der Waals surface area contributed by atoms with Crippen LogP contribution in [0.1, 0.15) is 33.6 Å². The summed E-state index contributed by atoms with van der Waals surface area (Å²) in [5.41, 5.74) is 1.73. The van der Waals surface area contributed by atoms with Crippen molar-refractivity contribution in [3.63, 3.8) is 0 Å². The normalized spacial score (nSPS) is 18.4. The van der Waals surface area contributed by atoms with E-state index in [1.807, 2.05) is 0 Å². The SMILES string of the molecule is CCOC(=O)c1ccc(N2C(=O)[C@H]3[C@H](c4ccc(OC)c(OC)c4)c4sc(=O)n(CC(=O)Nc5ccc(Cl)cc5)c4S[C@H]3C2=O)cc1. The number of halogens is 1. The van der Waals surface area contributed by atoms with E-state index in [9.17, 15) is 24.0 Å². The first-order valence-electron chi connectivity index (χ1n) is 14.5. The highest BCUT2D eigenvalue weighted by atomic mass is 35.5. The number of rotatable bonds is 9. The van der Waals surface area contributed by atoms with Gasteiger partial charge in [-0.3, -0.25) is 23.7 Å². The smallest absolute Gasteiger partial charge is 0.338 e. The molecule has 3 heterocycles. The van der Waals surface area contributed by atoms with Gasteiger partial charge in [-0.25, -0.2) is 9.69 Å². The number of hydrogen-bond donors (Lipinski definition) is 1. The van der Waals surface area contributed by atoms with Gasteiger partial charge < -0.3 is 19.5 Å². The Morgan fingerprint density at radius 3 is 2.28 bits per heavy atom. The van der Waals surface area contributed by atoms with E-state index in [4.69, 9.17) is 25.8 Å². The predicted octanol–water partition coefficient (Wildman–Crippen LogP) is 5.19. The molecule has 1 aromatic heterocycles. The Morgan fingerprint density at radius 1 is 0.915 bits per heavy atom. The second-order valence-corrected chi connectivity index (χ2v) is 13.2. The number of thioether (sulfide) groups is 1. The highest BCUT2D eigenvalue weighted by molar-refractivity contribution is 8.00. The molecule has 0 spiro atoms. The van der Waals surface area contributed by atoms with E-state index in [-0.39, 0.29) is 18.7 Å². The Balaban J connectivity index is 1.40. The van der Waals surface area contributed by atoms with Crippen molar-refractivity contribution in [3.05, 3.63) is 97.4 Å². The lowest BCUT2D eigenvalue weighted by atomic mass is 9.83.